The molecule has 0 radical (unpaired) electrons. The topological polar surface area (TPSA) is 60.9 Å². The molecule has 1 aliphatic heterocycles. The molecule has 0 spiro atoms. The van der Waals surface area contributed by atoms with E-state index < -0.39 is 0 Å². The van der Waals surface area contributed by atoms with Crippen LogP contribution in [0.1, 0.15) is 28.8 Å². The zero-order valence-corrected chi connectivity index (χ0v) is 16.0. The minimum absolute atomic E-state index is 0.00754. The normalized spacial score (nSPS) is 16.8. The van der Waals surface area contributed by atoms with E-state index in [4.69, 9.17) is 11.6 Å². The molecule has 2 aromatic carbocycles. The van der Waals surface area contributed by atoms with Crippen molar-refractivity contribution < 1.29 is 14.7 Å². The first-order valence-electron chi connectivity index (χ1n) is 9.02. The average Bonchev–Trinajstić information content (AvgIpc) is 2.69. The summed E-state index contributed by atoms with van der Waals surface area (Å²) in [6.07, 6.45) is 1.55. The summed E-state index contributed by atoms with van der Waals surface area (Å²) in [6, 6.07) is 13.8. The van der Waals surface area contributed by atoms with Gasteiger partial charge in [0.05, 0.1) is 5.92 Å². The molecule has 0 bridgehead atoms. The fourth-order valence-corrected chi connectivity index (χ4v) is 3.55. The molecule has 3 rings (SSSR count). The summed E-state index contributed by atoms with van der Waals surface area (Å²) in [7, 11) is 1.73. The third-order valence-corrected chi connectivity index (χ3v) is 5.18. The van der Waals surface area contributed by atoms with Crippen molar-refractivity contribution in [2.24, 2.45) is 5.92 Å². The lowest BCUT2D eigenvalue weighted by Crippen LogP contribution is -2.45. The lowest BCUT2D eigenvalue weighted by atomic mass is 9.95. The average molecular weight is 387 g/mol. The van der Waals surface area contributed by atoms with Gasteiger partial charge in [-0.05, 0) is 43.2 Å². The number of rotatable bonds is 4. The highest BCUT2D eigenvalue weighted by Gasteiger charge is 2.30. The Kier molecular flexibility index (Phi) is 6.01. The van der Waals surface area contributed by atoms with Crippen molar-refractivity contribution in [1.82, 2.24) is 9.80 Å². The van der Waals surface area contributed by atoms with Crippen molar-refractivity contribution >= 4 is 23.4 Å². The predicted octanol–water partition coefficient (Wildman–Crippen LogP) is 3.56. The number of hydrogen-bond donors (Lipinski definition) is 1. The molecule has 27 heavy (non-hydrogen) atoms. The molecule has 2 amide bonds. The van der Waals surface area contributed by atoms with Crippen molar-refractivity contribution in [1.29, 1.82) is 0 Å². The lowest BCUT2D eigenvalue weighted by Gasteiger charge is -2.34. The second-order valence-corrected chi connectivity index (χ2v) is 7.36. The Balaban J connectivity index is 1.64. The van der Waals surface area contributed by atoms with E-state index in [0.717, 1.165) is 12.8 Å². The molecule has 1 atom stereocenters. The van der Waals surface area contributed by atoms with Crippen LogP contribution in [0, 0.1) is 5.92 Å². The van der Waals surface area contributed by atoms with Crippen molar-refractivity contribution in [3.8, 4) is 5.75 Å². The zero-order chi connectivity index (χ0) is 19.4. The molecular formula is C21H23ClN2O3. The van der Waals surface area contributed by atoms with Gasteiger partial charge >= 0.3 is 0 Å². The second kappa shape index (κ2) is 8.44. The Morgan fingerprint density at radius 3 is 2.59 bits per heavy atom. The third-order valence-electron chi connectivity index (χ3n) is 4.92. The fourth-order valence-electron chi connectivity index (χ4n) is 3.43. The number of phenols is 1. The van der Waals surface area contributed by atoms with Crippen LogP contribution in [0.25, 0.3) is 0 Å². The van der Waals surface area contributed by atoms with Crippen molar-refractivity contribution in [3.63, 3.8) is 0 Å². The first-order valence-corrected chi connectivity index (χ1v) is 9.40. The molecule has 1 saturated heterocycles. The van der Waals surface area contributed by atoms with Gasteiger partial charge in [0.15, 0.2) is 0 Å². The largest absolute Gasteiger partial charge is 0.508 e. The molecule has 2 aromatic rings. The van der Waals surface area contributed by atoms with Crippen LogP contribution in [0.15, 0.2) is 48.5 Å². The number of hydrogen-bond acceptors (Lipinski definition) is 3. The Hall–Kier alpha value is -2.53. The summed E-state index contributed by atoms with van der Waals surface area (Å²) >= 11 is 5.89. The Morgan fingerprint density at radius 2 is 1.89 bits per heavy atom. The molecule has 1 heterocycles. The van der Waals surface area contributed by atoms with E-state index in [1.54, 1.807) is 59.3 Å². The number of phenolic OH excluding ortho intramolecular Hbond substituents is 1. The molecule has 0 saturated carbocycles. The minimum atomic E-state index is -0.231. The second-order valence-electron chi connectivity index (χ2n) is 6.92. The quantitative estimate of drug-likeness (QED) is 0.874. The summed E-state index contributed by atoms with van der Waals surface area (Å²) in [4.78, 5) is 28.9. The monoisotopic (exact) mass is 386 g/mol. The molecule has 1 N–H and O–H groups in total. The fraction of sp³-hybridized carbons (Fsp3) is 0.333. The van der Waals surface area contributed by atoms with E-state index in [1.807, 2.05) is 6.07 Å². The van der Waals surface area contributed by atoms with Gasteiger partial charge in [0, 0.05) is 42.8 Å². The van der Waals surface area contributed by atoms with Crippen LogP contribution in [-0.2, 0) is 11.3 Å². The summed E-state index contributed by atoms with van der Waals surface area (Å²) in [5, 5.41) is 10.5. The smallest absolute Gasteiger partial charge is 0.253 e. The van der Waals surface area contributed by atoms with Gasteiger partial charge in [0.25, 0.3) is 5.91 Å². The number of halogens is 1. The number of piperidine rings is 1. The van der Waals surface area contributed by atoms with E-state index in [1.165, 1.54) is 0 Å². The maximum atomic E-state index is 12.9. The SMILES string of the molecule is CN(Cc1ccccc1O)C(=O)C1CCCN(C(=O)c2ccc(Cl)cc2)C1. The molecule has 1 aliphatic rings. The van der Waals surface area contributed by atoms with E-state index in [-0.39, 0.29) is 23.5 Å². The van der Waals surface area contributed by atoms with E-state index >= 15 is 0 Å². The highest BCUT2D eigenvalue weighted by atomic mass is 35.5. The molecular weight excluding hydrogens is 364 g/mol. The minimum Gasteiger partial charge on any atom is -0.508 e. The number of nitrogens with zero attached hydrogens (tertiary/aromatic N) is 2. The zero-order valence-electron chi connectivity index (χ0n) is 15.3. The van der Waals surface area contributed by atoms with Crippen LogP contribution in [0.5, 0.6) is 5.75 Å². The molecule has 142 valence electrons. The number of benzene rings is 2. The first-order chi connectivity index (χ1) is 13.0. The van der Waals surface area contributed by atoms with E-state index in [2.05, 4.69) is 0 Å². The summed E-state index contributed by atoms with van der Waals surface area (Å²) in [5.74, 6) is -0.134. The van der Waals surface area contributed by atoms with Gasteiger partial charge in [0.1, 0.15) is 5.75 Å². The van der Waals surface area contributed by atoms with Crippen LogP contribution in [0.4, 0.5) is 0 Å². The van der Waals surface area contributed by atoms with Crippen LogP contribution < -0.4 is 0 Å². The van der Waals surface area contributed by atoms with Gasteiger partial charge in [-0.2, -0.15) is 0 Å². The van der Waals surface area contributed by atoms with E-state index in [0.29, 0.717) is 35.8 Å². The maximum absolute atomic E-state index is 12.9. The predicted molar refractivity (Wildman–Crippen MR) is 105 cm³/mol. The van der Waals surface area contributed by atoms with Gasteiger partial charge in [-0.25, -0.2) is 0 Å². The first kappa shape index (κ1) is 19.2. The molecule has 1 fully saturated rings. The summed E-state index contributed by atoms with van der Waals surface area (Å²) in [5.41, 5.74) is 1.29. The molecule has 5 nitrogen and oxygen atoms in total. The van der Waals surface area contributed by atoms with Gasteiger partial charge < -0.3 is 14.9 Å². The van der Waals surface area contributed by atoms with Crippen molar-refractivity contribution in [3.05, 3.63) is 64.7 Å². The number of carbonyl (C=O) groups excluding carboxylic acids is 2. The highest BCUT2D eigenvalue weighted by molar-refractivity contribution is 6.30. The van der Waals surface area contributed by atoms with Gasteiger partial charge in [-0.1, -0.05) is 29.8 Å². The summed E-state index contributed by atoms with van der Waals surface area (Å²) in [6.45, 7) is 1.40. The number of carbonyl (C=O) groups is 2. The van der Waals surface area contributed by atoms with Crippen molar-refractivity contribution in [2.75, 3.05) is 20.1 Å². The molecule has 0 aromatic heterocycles. The van der Waals surface area contributed by atoms with E-state index in [9.17, 15) is 14.7 Å². The van der Waals surface area contributed by atoms with Crippen LogP contribution >= 0.6 is 11.6 Å². The Morgan fingerprint density at radius 1 is 1.19 bits per heavy atom. The molecule has 6 heteroatoms. The Bertz CT molecular complexity index is 822. The number of para-hydroxylation sites is 1. The van der Waals surface area contributed by atoms with Crippen LogP contribution in [0.3, 0.4) is 0 Å². The van der Waals surface area contributed by atoms with Crippen LogP contribution in [-0.4, -0.2) is 46.9 Å². The maximum Gasteiger partial charge on any atom is 0.253 e. The summed E-state index contributed by atoms with van der Waals surface area (Å²) < 4.78 is 0. The standard InChI is InChI=1S/C21H23ClN2O3/c1-23(13-16-5-2-3-7-19(16)25)20(26)17-6-4-12-24(14-17)21(27)15-8-10-18(22)11-9-15/h2-3,5,7-11,17,25H,4,6,12-14H2,1H3. The van der Waals surface area contributed by atoms with Gasteiger partial charge in [0.2, 0.25) is 5.91 Å². The van der Waals surface area contributed by atoms with Crippen molar-refractivity contribution in [2.45, 2.75) is 19.4 Å². The van der Waals surface area contributed by atoms with Gasteiger partial charge in [-0.3, -0.25) is 9.59 Å². The molecule has 1 unspecified atom stereocenters. The highest BCUT2D eigenvalue weighted by Crippen LogP contribution is 2.23. The number of likely N-dealkylation sites (tertiary alicyclic amines) is 1. The third kappa shape index (κ3) is 4.61. The lowest BCUT2D eigenvalue weighted by molar-refractivity contribution is -0.136. The number of aromatic hydroxyl groups is 1. The van der Waals surface area contributed by atoms with Crippen LogP contribution in [0.2, 0.25) is 5.02 Å². The number of amides is 2. The Labute approximate surface area is 164 Å². The molecule has 0 aliphatic carbocycles. The van der Waals surface area contributed by atoms with Gasteiger partial charge in [-0.15, -0.1) is 0 Å².